The minimum Gasteiger partial charge on any atom is -0.256 e. The Morgan fingerprint density at radius 2 is 1.07 bits per heavy atom. The van der Waals surface area contributed by atoms with Gasteiger partial charge in [0, 0.05) is 23.5 Å². The molecule has 0 saturated carbocycles. The zero-order valence-electron chi connectivity index (χ0n) is 15.6. The van der Waals surface area contributed by atoms with Gasteiger partial charge < -0.3 is 0 Å². The molecule has 0 aliphatic heterocycles. The molecule has 2 nitrogen and oxygen atoms in total. The maximum atomic E-state index is 4.54. The van der Waals surface area contributed by atoms with E-state index in [0.717, 1.165) is 22.5 Å². The smallest absolute Gasteiger partial charge is 0.0702 e. The van der Waals surface area contributed by atoms with Gasteiger partial charge in [-0.05, 0) is 65.1 Å². The van der Waals surface area contributed by atoms with E-state index in [-0.39, 0.29) is 0 Å². The van der Waals surface area contributed by atoms with Crippen LogP contribution in [0.15, 0.2) is 91.3 Å². The number of pyridine rings is 2. The Labute approximate surface area is 160 Å². The third kappa shape index (κ3) is 3.80. The molecule has 27 heavy (non-hydrogen) atoms. The second-order valence-electron chi connectivity index (χ2n) is 7.01. The lowest BCUT2D eigenvalue weighted by Crippen LogP contribution is -1.90. The van der Waals surface area contributed by atoms with Gasteiger partial charge in [-0.15, -0.1) is 0 Å². The average Bonchev–Trinajstić information content (AvgIpc) is 2.75. The molecule has 4 rings (SSSR count). The van der Waals surface area contributed by atoms with E-state index in [1.807, 2.05) is 48.8 Å². The predicted octanol–water partition coefficient (Wildman–Crippen LogP) is 6.60. The van der Waals surface area contributed by atoms with Crippen molar-refractivity contribution in [3.8, 4) is 33.6 Å². The third-order valence-electron chi connectivity index (χ3n) is 4.77. The van der Waals surface area contributed by atoms with E-state index in [4.69, 9.17) is 0 Å². The van der Waals surface area contributed by atoms with Gasteiger partial charge in [0.05, 0.1) is 11.4 Å². The summed E-state index contributed by atoms with van der Waals surface area (Å²) in [5.74, 6) is 0.531. The Balaban J connectivity index is 1.85. The van der Waals surface area contributed by atoms with Gasteiger partial charge in [0.15, 0.2) is 0 Å². The quantitative estimate of drug-likeness (QED) is 0.414. The number of benzene rings is 2. The van der Waals surface area contributed by atoms with Crippen molar-refractivity contribution >= 4 is 0 Å². The largest absolute Gasteiger partial charge is 0.256 e. The summed E-state index contributed by atoms with van der Waals surface area (Å²) in [6, 6.07) is 27.4. The first-order valence-corrected chi connectivity index (χ1v) is 9.29. The molecule has 0 aliphatic carbocycles. The molecule has 2 heterocycles. The van der Waals surface area contributed by atoms with Crippen molar-refractivity contribution in [2.45, 2.75) is 19.8 Å². The Morgan fingerprint density at radius 1 is 0.556 bits per heavy atom. The molecule has 132 valence electrons. The van der Waals surface area contributed by atoms with Crippen LogP contribution in [0.5, 0.6) is 0 Å². The van der Waals surface area contributed by atoms with Gasteiger partial charge >= 0.3 is 0 Å². The van der Waals surface area contributed by atoms with Crippen LogP contribution in [0, 0.1) is 0 Å². The molecule has 0 unspecified atom stereocenters. The maximum Gasteiger partial charge on any atom is 0.0702 e. The summed E-state index contributed by atoms with van der Waals surface area (Å²) in [6.07, 6.45) is 3.67. The van der Waals surface area contributed by atoms with E-state index in [0.29, 0.717) is 5.92 Å². The summed E-state index contributed by atoms with van der Waals surface area (Å²) < 4.78 is 0. The van der Waals surface area contributed by atoms with Gasteiger partial charge in [0.25, 0.3) is 0 Å². The normalized spacial score (nSPS) is 10.9. The molecule has 0 saturated heterocycles. The minimum atomic E-state index is 0.531. The Bertz CT molecular complexity index is 963. The van der Waals surface area contributed by atoms with E-state index in [1.165, 1.54) is 16.7 Å². The van der Waals surface area contributed by atoms with Crippen LogP contribution < -0.4 is 0 Å². The van der Waals surface area contributed by atoms with Crippen LogP contribution in [0.25, 0.3) is 33.6 Å². The molecule has 0 spiro atoms. The van der Waals surface area contributed by atoms with Gasteiger partial charge in [0.1, 0.15) is 0 Å². The first-order valence-electron chi connectivity index (χ1n) is 9.29. The lowest BCUT2D eigenvalue weighted by atomic mass is 9.94. The van der Waals surface area contributed by atoms with Crippen molar-refractivity contribution in [1.82, 2.24) is 9.97 Å². The molecule has 2 aromatic heterocycles. The van der Waals surface area contributed by atoms with Crippen LogP contribution in [-0.4, -0.2) is 9.97 Å². The molecule has 0 aliphatic rings. The van der Waals surface area contributed by atoms with Gasteiger partial charge in [-0.25, -0.2) is 0 Å². The summed E-state index contributed by atoms with van der Waals surface area (Å²) in [7, 11) is 0. The highest BCUT2D eigenvalue weighted by Crippen LogP contribution is 2.32. The van der Waals surface area contributed by atoms with Crippen LogP contribution in [-0.2, 0) is 0 Å². The monoisotopic (exact) mass is 350 g/mol. The van der Waals surface area contributed by atoms with Gasteiger partial charge in [-0.2, -0.15) is 0 Å². The number of hydrogen-bond acceptors (Lipinski definition) is 2. The van der Waals surface area contributed by atoms with Crippen molar-refractivity contribution < 1.29 is 0 Å². The SMILES string of the molecule is CC(C)c1ccc(-c2cc(-c3ccccn3)cc(-c3ccccn3)c2)cc1. The summed E-state index contributed by atoms with van der Waals surface area (Å²) in [4.78, 5) is 9.07. The van der Waals surface area contributed by atoms with Crippen molar-refractivity contribution in [1.29, 1.82) is 0 Å². The molecule has 0 bridgehead atoms. The van der Waals surface area contributed by atoms with E-state index in [2.05, 4.69) is 66.3 Å². The van der Waals surface area contributed by atoms with Gasteiger partial charge in [-0.1, -0.05) is 50.2 Å². The summed E-state index contributed by atoms with van der Waals surface area (Å²) in [6.45, 7) is 4.44. The molecule has 0 amide bonds. The fourth-order valence-corrected chi connectivity index (χ4v) is 3.22. The van der Waals surface area contributed by atoms with Gasteiger partial charge in [-0.3, -0.25) is 9.97 Å². The van der Waals surface area contributed by atoms with E-state index < -0.39 is 0 Å². The maximum absolute atomic E-state index is 4.54. The fraction of sp³-hybridized carbons (Fsp3) is 0.120. The minimum absolute atomic E-state index is 0.531. The van der Waals surface area contributed by atoms with Crippen molar-refractivity contribution in [3.05, 3.63) is 96.8 Å². The predicted molar refractivity (Wildman–Crippen MR) is 112 cm³/mol. The second kappa shape index (κ2) is 7.55. The molecule has 0 fully saturated rings. The highest BCUT2D eigenvalue weighted by Gasteiger charge is 2.09. The third-order valence-corrected chi connectivity index (χ3v) is 4.77. The van der Waals surface area contributed by atoms with Crippen LogP contribution in [0.3, 0.4) is 0 Å². The van der Waals surface area contributed by atoms with E-state index in [9.17, 15) is 0 Å². The van der Waals surface area contributed by atoms with Crippen LogP contribution in [0.2, 0.25) is 0 Å². The summed E-state index contributed by atoms with van der Waals surface area (Å²) in [5.41, 5.74) is 7.86. The number of rotatable bonds is 4. The fourth-order valence-electron chi connectivity index (χ4n) is 3.22. The number of nitrogens with zero attached hydrogens (tertiary/aromatic N) is 2. The van der Waals surface area contributed by atoms with Crippen LogP contribution >= 0.6 is 0 Å². The van der Waals surface area contributed by atoms with Crippen LogP contribution in [0.1, 0.15) is 25.3 Å². The first-order chi connectivity index (χ1) is 13.2. The number of aromatic nitrogens is 2. The van der Waals surface area contributed by atoms with Crippen molar-refractivity contribution in [3.63, 3.8) is 0 Å². The molecule has 2 heteroatoms. The molecule has 0 N–H and O–H groups in total. The lowest BCUT2D eigenvalue weighted by molar-refractivity contribution is 0.867. The molecule has 4 aromatic rings. The zero-order valence-corrected chi connectivity index (χ0v) is 15.6. The van der Waals surface area contributed by atoms with E-state index >= 15 is 0 Å². The topological polar surface area (TPSA) is 25.8 Å². The van der Waals surface area contributed by atoms with E-state index in [1.54, 1.807) is 0 Å². The Hall–Kier alpha value is -3.26. The highest BCUT2D eigenvalue weighted by atomic mass is 14.7. The second-order valence-corrected chi connectivity index (χ2v) is 7.01. The van der Waals surface area contributed by atoms with Crippen molar-refractivity contribution in [2.75, 3.05) is 0 Å². The molecular weight excluding hydrogens is 328 g/mol. The highest BCUT2D eigenvalue weighted by molar-refractivity contribution is 5.79. The lowest BCUT2D eigenvalue weighted by Gasteiger charge is -2.11. The zero-order chi connectivity index (χ0) is 18.6. The average molecular weight is 350 g/mol. The standard InChI is InChI=1S/C25H22N2/c1-18(2)19-9-11-20(12-10-19)21-15-22(24-7-3-5-13-26-24)17-23(16-21)25-8-4-6-14-27-25/h3-18H,1-2H3. The summed E-state index contributed by atoms with van der Waals surface area (Å²) in [5, 5.41) is 0. The van der Waals surface area contributed by atoms with Crippen LogP contribution in [0.4, 0.5) is 0 Å². The van der Waals surface area contributed by atoms with Crippen molar-refractivity contribution in [2.24, 2.45) is 0 Å². The Kier molecular flexibility index (Phi) is 4.80. The number of hydrogen-bond donors (Lipinski definition) is 0. The molecule has 0 atom stereocenters. The molecule has 2 aromatic carbocycles. The summed E-state index contributed by atoms with van der Waals surface area (Å²) >= 11 is 0. The molecule has 0 radical (unpaired) electrons. The van der Waals surface area contributed by atoms with Gasteiger partial charge in [0.2, 0.25) is 0 Å². The molecular formula is C25H22N2. The first kappa shape index (κ1) is 17.2. The Morgan fingerprint density at radius 3 is 1.52 bits per heavy atom.